The molecule has 1 heterocycles. The molecule has 4 N–H and O–H groups in total. The van der Waals surface area contributed by atoms with E-state index in [-0.39, 0.29) is 36.7 Å². The molecule has 1 aromatic heterocycles. The lowest BCUT2D eigenvalue weighted by molar-refractivity contribution is -0.125. The molecule has 0 saturated carbocycles. The number of thiazole rings is 1. The second-order valence-electron chi connectivity index (χ2n) is 6.33. The quantitative estimate of drug-likeness (QED) is 0.699. The van der Waals surface area contributed by atoms with Crippen LogP contribution < -0.4 is 16.4 Å². The Balaban J connectivity index is 0.00000338. The first kappa shape index (κ1) is 22.1. The monoisotopic (exact) mass is 396 g/mol. The number of aromatic nitrogens is 1. The number of nitrogens with two attached hydrogens (primary N) is 1. The minimum absolute atomic E-state index is 0. The molecule has 0 aliphatic heterocycles. The van der Waals surface area contributed by atoms with Gasteiger partial charge in [-0.15, -0.1) is 23.7 Å². The van der Waals surface area contributed by atoms with E-state index in [4.69, 9.17) is 5.73 Å². The highest BCUT2D eigenvalue weighted by atomic mass is 35.5. The molecule has 0 unspecified atom stereocenters. The van der Waals surface area contributed by atoms with Crippen LogP contribution in [-0.4, -0.2) is 29.4 Å². The molecular formula is C18H25ClN4O2S. The number of nitrogens with zero attached hydrogens (tertiary/aromatic N) is 1. The molecule has 0 aliphatic carbocycles. The standard InChI is InChI=1S/C18H24N4O2S.ClH/c1-10(2)15(19)17(24)20-9-14(23)21-18-22-16(12(4)25-18)13-7-5-11(3)6-8-13;/h5-8,10,15H,9,19H2,1-4H3,(H,20,24)(H,21,22,23);1H/t15-;/m0./s1. The predicted octanol–water partition coefficient (Wildman–Crippen LogP) is 2.89. The summed E-state index contributed by atoms with van der Waals surface area (Å²) in [6.07, 6.45) is 0. The third-order valence-corrected chi connectivity index (χ3v) is 4.70. The minimum Gasteiger partial charge on any atom is -0.346 e. The molecule has 2 aromatic rings. The molecular weight excluding hydrogens is 372 g/mol. The lowest BCUT2D eigenvalue weighted by Crippen LogP contribution is -2.46. The van der Waals surface area contributed by atoms with Gasteiger partial charge in [-0.1, -0.05) is 43.7 Å². The summed E-state index contributed by atoms with van der Waals surface area (Å²) in [6, 6.07) is 7.45. The lowest BCUT2D eigenvalue weighted by Gasteiger charge is -2.14. The average molecular weight is 397 g/mol. The van der Waals surface area contributed by atoms with E-state index in [2.05, 4.69) is 15.6 Å². The van der Waals surface area contributed by atoms with Gasteiger partial charge in [-0.2, -0.15) is 0 Å². The number of halogens is 1. The van der Waals surface area contributed by atoms with Crippen molar-refractivity contribution in [3.8, 4) is 11.3 Å². The number of nitrogens with one attached hydrogen (secondary N) is 2. The molecule has 26 heavy (non-hydrogen) atoms. The SMILES string of the molecule is Cc1ccc(-c2nc(NC(=O)CNC(=O)[C@@H](N)C(C)C)sc2C)cc1.Cl. The van der Waals surface area contributed by atoms with Crippen LogP contribution in [-0.2, 0) is 9.59 Å². The Morgan fingerprint density at radius 1 is 1.19 bits per heavy atom. The molecule has 6 nitrogen and oxygen atoms in total. The van der Waals surface area contributed by atoms with E-state index in [1.54, 1.807) is 0 Å². The van der Waals surface area contributed by atoms with Crippen molar-refractivity contribution in [1.29, 1.82) is 0 Å². The van der Waals surface area contributed by atoms with Gasteiger partial charge in [-0.3, -0.25) is 9.59 Å². The molecule has 0 radical (unpaired) electrons. The summed E-state index contributed by atoms with van der Waals surface area (Å²) in [5, 5.41) is 5.78. The molecule has 2 amide bonds. The molecule has 0 fully saturated rings. The zero-order valence-corrected chi connectivity index (χ0v) is 17.0. The number of hydrogen-bond donors (Lipinski definition) is 3. The largest absolute Gasteiger partial charge is 0.346 e. The van der Waals surface area contributed by atoms with Crippen LogP contribution in [0.1, 0.15) is 24.3 Å². The third-order valence-electron chi connectivity index (χ3n) is 3.81. The van der Waals surface area contributed by atoms with Gasteiger partial charge in [0.1, 0.15) is 0 Å². The lowest BCUT2D eigenvalue weighted by atomic mass is 10.1. The summed E-state index contributed by atoms with van der Waals surface area (Å²) in [5.41, 5.74) is 8.79. The number of aryl methyl sites for hydroxylation is 2. The minimum atomic E-state index is -0.622. The van der Waals surface area contributed by atoms with Crippen molar-refractivity contribution in [2.45, 2.75) is 33.7 Å². The van der Waals surface area contributed by atoms with Crippen molar-refractivity contribution in [2.24, 2.45) is 11.7 Å². The van der Waals surface area contributed by atoms with E-state index in [1.165, 1.54) is 16.9 Å². The van der Waals surface area contributed by atoms with E-state index in [0.717, 1.165) is 16.1 Å². The molecule has 1 atom stereocenters. The summed E-state index contributed by atoms with van der Waals surface area (Å²) in [6.45, 7) is 7.58. The zero-order chi connectivity index (χ0) is 18.6. The van der Waals surface area contributed by atoms with Crippen LogP contribution in [0.3, 0.4) is 0 Å². The molecule has 142 valence electrons. The summed E-state index contributed by atoms with van der Waals surface area (Å²) < 4.78 is 0. The molecule has 2 rings (SSSR count). The van der Waals surface area contributed by atoms with Gasteiger partial charge >= 0.3 is 0 Å². The smallest absolute Gasteiger partial charge is 0.245 e. The van der Waals surface area contributed by atoms with Gasteiger partial charge in [0.05, 0.1) is 18.3 Å². The summed E-state index contributed by atoms with van der Waals surface area (Å²) >= 11 is 1.41. The van der Waals surface area contributed by atoms with Gasteiger partial charge in [0.15, 0.2) is 5.13 Å². The molecule has 1 aromatic carbocycles. The average Bonchev–Trinajstić information content (AvgIpc) is 2.92. The van der Waals surface area contributed by atoms with E-state index >= 15 is 0 Å². The Labute approximate surface area is 164 Å². The molecule has 0 bridgehead atoms. The Bertz CT molecular complexity index is 759. The van der Waals surface area contributed by atoms with Crippen LogP contribution >= 0.6 is 23.7 Å². The Hall–Kier alpha value is -1.96. The summed E-state index contributed by atoms with van der Waals surface area (Å²) in [7, 11) is 0. The van der Waals surface area contributed by atoms with Gasteiger partial charge < -0.3 is 16.4 Å². The summed E-state index contributed by atoms with van der Waals surface area (Å²) in [5.74, 6) is -0.643. The van der Waals surface area contributed by atoms with E-state index in [9.17, 15) is 9.59 Å². The number of hydrogen-bond acceptors (Lipinski definition) is 5. The van der Waals surface area contributed by atoms with E-state index < -0.39 is 6.04 Å². The van der Waals surface area contributed by atoms with Crippen molar-refractivity contribution in [3.05, 3.63) is 34.7 Å². The maximum Gasteiger partial charge on any atom is 0.245 e. The van der Waals surface area contributed by atoms with E-state index in [0.29, 0.717) is 5.13 Å². The van der Waals surface area contributed by atoms with Crippen molar-refractivity contribution in [2.75, 3.05) is 11.9 Å². The van der Waals surface area contributed by atoms with Gasteiger partial charge in [0.25, 0.3) is 0 Å². The summed E-state index contributed by atoms with van der Waals surface area (Å²) in [4.78, 5) is 29.3. The molecule has 0 aliphatic rings. The predicted molar refractivity (Wildman–Crippen MR) is 109 cm³/mol. The number of carbonyl (C=O) groups is 2. The number of benzene rings is 1. The van der Waals surface area contributed by atoms with Crippen molar-refractivity contribution in [1.82, 2.24) is 10.3 Å². The van der Waals surface area contributed by atoms with Gasteiger partial charge in [-0.25, -0.2) is 4.98 Å². The van der Waals surface area contributed by atoms with E-state index in [1.807, 2.05) is 52.0 Å². The maximum absolute atomic E-state index is 12.0. The molecule has 0 spiro atoms. The maximum atomic E-state index is 12.0. The van der Waals surface area contributed by atoms with Crippen LogP contribution in [0.4, 0.5) is 5.13 Å². The highest BCUT2D eigenvalue weighted by Gasteiger charge is 2.18. The number of amides is 2. The van der Waals surface area contributed by atoms with Gasteiger partial charge in [0.2, 0.25) is 11.8 Å². The van der Waals surface area contributed by atoms with Crippen LogP contribution in [0.5, 0.6) is 0 Å². The van der Waals surface area contributed by atoms with Gasteiger partial charge in [0, 0.05) is 10.4 Å². The molecule has 0 saturated heterocycles. The third kappa shape index (κ3) is 5.79. The fourth-order valence-electron chi connectivity index (χ4n) is 2.18. The van der Waals surface area contributed by atoms with Crippen LogP contribution in [0.25, 0.3) is 11.3 Å². The normalized spacial score (nSPS) is 11.6. The topological polar surface area (TPSA) is 97.1 Å². The molecule has 8 heteroatoms. The number of anilines is 1. The Morgan fingerprint density at radius 2 is 1.81 bits per heavy atom. The fraction of sp³-hybridized carbons (Fsp3) is 0.389. The van der Waals surface area contributed by atoms with Crippen molar-refractivity contribution >= 4 is 40.7 Å². The fourth-order valence-corrected chi connectivity index (χ4v) is 3.03. The van der Waals surface area contributed by atoms with Crippen molar-refractivity contribution in [3.63, 3.8) is 0 Å². The van der Waals surface area contributed by atoms with Crippen LogP contribution in [0.2, 0.25) is 0 Å². The Kier molecular flexibility index (Phi) is 8.20. The second-order valence-corrected chi connectivity index (χ2v) is 7.53. The first-order chi connectivity index (χ1) is 11.8. The second kappa shape index (κ2) is 9.66. The number of carbonyl (C=O) groups excluding carboxylic acids is 2. The van der Waals surface area contributed by atoms with Crippen LogP contribution in [0.15, 0.2) is 24.3 Å². The Morgan fingerprint density at radius 3 is 2.38 bits per heavy atom. The van der Waals surface area contributed by atoms with Crippen molar-refractivity contribution < 1.29 is 9.59 Å². The van der Waals surface area contributed by atoms with Gasteiger partial charge in [-0.05, 0) is 19.8 Å². The first-order valence-corrected chi connectivity index (χ1v) is 8.97. The zero-order valence-electron chi connectivity index (χ0n) is 15.3. The highest BCUT2D eigenvalue weighted by Crippen LogP contribution is 2.30. The number of rotatable bonds is 6. The first-order valence-electron chi connectivity index (χ1n) is 8.15. The van der Waals surface area contributed by atoms with Crippen LogP contribution in [0, 0.1) is 19.8 Å². The highest BCUT2D eigenvalue weighted by molar-refractivity contribution is 7.16.